The van der Waals surface area contributed by atoms with E-state index in [0.29, 0.717) is 16.7 Å². The summed E-state index contributed by atoms with van der Waals surface area (Å²) in [5.41, 5.74) is 9.71. The minimum Gasteiger partial charge on any atom is -0.405 e. The molecule has 0 spiro atoms. The maximum absolute atomic E-state index is 12.9. The number of aromatic amines is 1. The van der Waals surface area contributed by atoms with Gasteiger partial charge < -0.3 is 13.9 Å². The van der Waals surface area contributed by atoms with Crippen molar-refractivity contribution < 1.29 is 13.9 Å². The lowest BCUT2D eigenvalue weighted by Crippen LogP contribution is -2.67. The summed E-state index contributed by atoms with van der Waals surface area (Å²) in [6, 6.07) is 29.1. The molecule has 0 saturated carbocycles. The van der Waals surface area contributed by atoms with Crippen LogP contribution >= 0.6 is 0 Å². The molecule has 1 aliphatic rings. The Bertz CT molecular complexity index is 1820. The van der Waals surface area contributed by atoms with E-state index in [2.05, 4.69) is 66.1 Å². The van der Waals surface area contributed by atoms with Crippen LogP contribution in [0.4, 0.5) is 0 Å². The molecule has 4 atom stereocenters. The molecule has 46 heavy (non-hydrogen) atoms. The van der Waals surface area contributed by atoms with Gasteiger partial charge in [-0.15, -0.1) is 0 Å². The second-order valence-electron chi connectivity index (χ2n) is 12.3. The van der Waals surface area contributed by atoms with Gasteiger partial charge in [0.15, 0.2) is 6.23 Å². The molecule has 2 heterocycles. The average Bonchev–Trinajstić information content (AvgIpc) is 3.45. The van der Waals surface area contributed by atoms with Crippen molar-refractivity contribution in [3.8, 4) is 6.07 Å². The van der Waals surface area contributed by atoms with Crippen molar-refractivity contribution in [2.24, 2.45) is 5.11 Å². The Balaban J connectivity index is 1.54. The summed E-state index contributed by atoms with van der Waals surface area (Å²) in [6.45, 7) is 8.26. The van der Waals surface area contributed by atoms with Gasteiger partial charge in [-0.05, 0) is 45.6 Å². The molecule has 1 fully saturated rings. The number of ether oxygens (including phenoxy) is 2. The van der Waals surface area contributed by atoms with Crippen molar-refractivity contribution in [2.75, 3.05) is 6.61 Å². The second kappa shape index (κ2) is 13.7. The van der Waals surface area contributed by atoms with Crippen LogP contribution in [-0.4, -0.2) is 36.7 Å². The second-order valence-corrected chi connectivity index (χ2v) is 16.6. The molecule has 0 radical (unpaired) electrons. The molecule has 1 aromatic heterocycles. The molecular formula is C34H36N6O5Si. The molecule has 236 valence electrons. The van der Waals surface area contributed by atoms with Crippen molar-refractivity contribution in [1.82, 2.24) is 9.55 Å². The number of benzene rings is 3. The Labute approximate surface area is 267 Å². The summed E-state index contributed by atoms with van der Waals surface area (Å²) < 4.78 is 21.5. The first-order chi connectivity index (χ1) is 22.1. The number of nitrogens with one attached hydrogen (secondary N) is 1. The molecule has 1 aliphatic heterocycles. The normalized spacial score (nSPS) is 18.8. The third-order valence-corrected chi connectivity index (χ3v) is 13.3. The van der Waals surface area contributed by atoms with Crippen LogP contribution in [0.1, 0.15) is 56.3 Å². The lowest BCUT2D eigenvalue weighted by atomic mass is 10.1. The summed E-state index contributed by atoms with van der Waals surface area (Å²) in [7, 11) is -2.97. The minimum atomic E-state index is -2.97. The summed E-state index contributed by atoms with van der Waals surface area (Å²) in [5.74, 6) is 0. The van der Waals surface area contributed by atoms with Crippen LogP contribution in [0.5, 0.6) is 0 Å². The Hall–Kier alpha value is -4.76. The van der Waals surface area contributed by atoms with Crippen LogP contribution in [0.3, 0.4) is 0 Å². The Morgan fingerprint density at radius 3 is 2.22 bits per heavy atom. The fraction of sp³-hybridized carbons (Fsp3) is 0.324. The van der Waals surface area contributed by atoms with E-state index >= 15 is 0 Å². The van der Waals surface area contributed by atoms with Crippen LogP contribution in [0.2, 0.25) is 5.04 Å². The molecular weight excluding hydrogens is 600 g/mol. The molecule has 0 amide bonds. The van der Waals surface area contributed by atoms with E-state index < -0.39 is 44.2 Å². The minimum absolute atomic E-state index is 0.113. The van der Waals surface area contributed by atoms with Crippen molar-refractivity contribution in [1.29, 1.82) is 5.26 Å². The van der Waals surface area contributed by atoms with E-state index in [1.165, 1.54) is 10.8 Å². The number of hydrogen-bond acceptors (Lipinski definition) is 7. The number of rotatable bonds is 10. The van der Waals surface area contributed by atoms with Crippen LogP contribution < -0.4 is 21.6 Å². The van der Waals surface area contributed by atoms with Crippen molar-refractivity contribution in [2.45, 2.75) is 63.8 Å². The third-order valence-electron chi connectivity index (χ3n) is 8.30. The predicted molar refractivity (Wildman–Crippen MR) is 176 cm³/mol. The van der Waals surface area contributed by atoms with Gasteiger partial charge in [-0.25, -0.2) is 4.79 Å². The highest BCUT2D eigenvalue weighted by atomic mass is 28.4. The van der Waals surface area contributed by atoms with E-state index in [9.17, 15) is 20.4 Å². The fourth-order valence-electron chi connectivity index (χ4n) is 6.04. The lowest BCUT2D eigenvalue weighted by molar-refractivity contribution is -0.0792. The van der Waals surface area contributed by atoms with Gasteiger partial charge in [0.1, 0.15) is 12.3 Å². The lowest BCUT2D eigenvalue weighted by Gasteiger charge is -2.43. The average molecular weight is 637 g/mol. The van der Waals surface area contributed by atoms with Crippen molar-refractivity contribution in [3.63, 3.8) is 0 Å². The molecule has 3 aromatic carbocycles. The molecule has 0 bridgehead atoms. The molecule has 5 rings (SSSR count). The number of hydrogen-bond donors (Lipinski definition) is 1. The smallest absolute Gasteiger partial charge is 0.330 e. The highest BCUT2D eigenvalue weighted by molar-refractivity contribution is 6.99. The molecule has 2 unspecified atom stereocenters. The SMILES string of the molecule is Cc1cn([C@H]2CC(OC(N=[N+]=[N-])c3ccc(C#N)cc3)[C@@H](CO[Si](c3ccccc3)(c3ccccc3)C(C)(C)C)O2)c(=O)[nH]c1=O. The molecule has 4 aromatic rings. The van der Waals surface area contributed by atoms with Gasteiger partial charge in [0.2, 0.25) is 0 Å². The summed E-state index contributed by atoms with van der Waals surface area (Å²) in [5, 5.41) is 15.0. The van der Waals surface area contributed by atoms with Crippen LogP contribution in [0.15, 0.2) is 106 Å². The third kappa shape index (κ3) is 6.60. The van der Waals surface area contributed by atoms with Crippen molar-refractivity contribution in [3.05, 3.63) is 139 Å². The summed E-state index contributed by atoms with van der Waals surface area (Å²) in [4.78, 5) is 30.4. The van der Waals surface area contributed by atoms with Crippen LogP contribution in [0.25, 0.3) is 10.4 Å². The first-order valence-corrected chi connectivity index (χ1v) is 16.9. The quantitative estimate of drug-likeness (QED) is 0.112. The van der Waals surface area contributed by atoms with Gasteiger partial charge in [0, 0.05) is 23.1 Å². The van der Waals surface area contributed by atoms with E-state index in [-0.39, 0.29) is 18.1 Å². The maximum Gasteiger partial charge on any atom is 0.330 e. The largest absolute Gasteiger partial charge is 0.405 e. The highest BCUT2D eigenvalue weighted by Gasteiger charge is 2.51. The number of azide groups is 1. The van der Waals surface area contributed by atoms with Gasteiger partial charge in [-0.2, -0.15) is 5.26 Å². The number of aryl methyl sites for hydroxylation is 1. The predicted octanol–water partition coefficient (Wildman–Crippen LogP) is 4.98. The topological polar surface area (TPSA) is 155 Å². The van der Waals surface area contributed by atoms with Crippen LogP contribution in [-0.2, 0) is 13.9 Å². The fourth-order valence-corrected chi connectivity index (χ4v) is 10.6. The van der Waals surface area contributed by atoms with E-state index in [1.807, 2.05) is 36.4 Å². The van der Waals surface area contributed by atoms with E-state index in [4.69, 9.17) is 13.9 Å². The van der Waals surface area contributed by atoms with Crippen molar-refractivity contribution >= 4 is 18.7 Å². The van der Waals surface area contributed by atoms with Gasteiger partial charge >= 0.3 is 5.69 Å². The summed E-state index contributed by atoms with van der Waals surface area (Å²) in [6.07, 6.45) is -1.48. The number of H-pyrrole nitrogens is 1. The zero-order valence-electron chi connectivity index (χ0n) is 26.2. The number of nitriles is 1. The first-order valence-electron chi connectivity index (χ1n) is 15.0. The molecule has 11 nitrogen and oxygen atoms in total. The van der Waals surface area contributed by atoms with Gasteiger partial charge in [0.05, 0.1) is 24.3 Å². The molecule has 0 aliphatic carbocycles. The Morgan fingerprint density at radius 2 is 1.67 bits per heavy atom. The zero-order valence-corrected chi connectivity index (χ0v) is 27.2. The Kier molecular flexibility index (Phi) is 9.72. The summed E-state index contributed by atoms with van der Waals surface area (Å²) >= 11 is 0. The monoisotopic (exact) mass is 636 g/mol. The Morgan fingerprint density at radius 1 is 1.07 bits per heavy atom. The maximum atomic E-state index is 12.9. The highest BCUT2D eigenvalue weighted by Crippen LogP contribution is 2.39. The molecule has 1 saturated heterocycles. The standard InChI is InChI=1S/C34H36N6O5Si/c1-23-21-40(33(42)37-31(23)41)30-19-28(45-32(38-39-36)25-17-15-24(20-35)16-18-25)29(44-30)22-43-46(34(2,3)4,26-11-7-5-8-12-26)27-13-9-6-10-14-27/h5-18,21,28-30,32H,19,22H2,1-4H3,(H,37,41,42)/t28?,29-,30-,32?/m1/s1. The zero-order chi connectivity index (χ0) is 32.9. The van der Waals surface area contributed by atoms with Crippen LogP contribution in [0, 0.1) is 18.3 Å². The first kappa shape index (κ1) is 32.6. The molecule has 12 heteroatoms. The molecule has 1 N–H and O–H groups in total. The van der Waals surface area contributed by atoms with E-state index in [1.54, 1.807) is 31.2 Å². The van der Waals surface area contributed by atoms with E-state index in [0.717, 1.165) is 10.4 Å². The van der Waals surface area contributed by atoms with Gasteiger partial charge in [-0.3, -0.25) is 14.3 Å². The number of aromatic nitrogens is 2. The van der Waals surface area contributed by atoms with Gasteiger partial charge in [-0.1, -0.05) is 98.7 Å². The number of nitrogens with zero attached hydrogens (tertiary/aromatic N) is 5. The van der Waals surface area contributed by atoms with Gasteiger partial charge in [0.25, 0.3) is 13.9 Å².